The molecule has 3 N–H and O–H groups in total. The third kappa shape index (κ3) is 2.42. The van der Waals surface area contributed by atoms with Crippen LogP contribution in [0.15, 0.2) is 29.1 Å². The summed E-state index contributed by atoms with van der Waals surface area (Å²) in [5.41, 5.74) is 5.48. The first-order chi connectivity index (χ1) is 9.13. The fraction of sp³-hybridized carbons (Fsp3) is 0.231. The highest BCUT2D eigenvalue weighted by atomic mass is 19.1. The van der Waals surface area contributed by atoms with Crippen LogP contribution < -0.4 is 16.0 Å². The van der Waals surface area contributed by atoms with Crippen molar-refractivity contribution in [1.29, 1.82) is 0 Å². The zero-order valence-electron chi connectivity index (χ0n) is 10.0. The van der Waals surface area contributed by atoms with E-state index < -0.39 is 5.82 Å². The second-order valence-corrected chi connectivity index (χ2v) is 4.50. The maximum Gasteiger partial charge on any atom is 0.254 e. The summed E-state index contributed by atoms with van der Waals surface area (Å²) >= 11 is 0. The van der Waals surface area contributed by atoms with Gasteiger partial charge in [0.1, 0.15) is 5.82 Å². The lowest BCUT2D eigenvalue weighted by Crippen LogP contribution is -2.10. The van der Waals surface area contributed by atoms with Crippen LogP contribution in [-0.2, 0) is 0 Å². The number of benzene rings is 1. The number of hydrogen-bond donors (Lipinski definition) is 2. The quantitative estimate of drug-likeness (QED) is 0.829. The van der Waals surface area contributed by atoms with Gasteiger partial charge in [-0.3, -0.25) is 4.79 Å². The van der Waals surface area contributed by atoms with Crippen LogP contribution in [0.2, 0.25) is 0 Å². The van der Waals surface area contributed by atoms with Gasteiger partial charge in [0.2, 0.25) is 5.88 Å². The maximum atomic E-state index is 13.6. The lowest BCUT2D eigenvalue weighted by Gasteiger charge is -2.09. The largest absolute Gasteiger partial charge is 0.433 e. The van der Waals surface area contributed by atoms with Crippen molar-refractivity contribution in [2.45, 2.75) is 18.8 Å². The van der Waals surface area contributed by atoms with E-state index in [1.165, 1.54) is 24.3 Å². The van der Waals surface area contributed by atoms with Crippen molar-refractivity contribution < 1.29 is 9.13 Å². The number of nitrogens with two attached hydrogens (primary N) is 1. The first-order valence-corrected chi connectivity index (χ1v) is 5.96. The Balaban J connectivity index is 1.97. The van der Waals surface area contributed by atoms with E-state index in [-0.39, 0.29) is 28.8 Å². The fourth-order valence-corrected chi connectivity index (χ4v) is 1.79. The molecule has 0 radical (unpaired) electrons. The molecular formula is C13H12FN3O2. The van der Waals surface area contributed by atoms with Crippen molar-refractivity contribution in [3.63, 3.8) is 0 Å². The Bertz CT molecular complexity index is 660. The van der Waals surface area contributed by atoms with E-state index in [2.05, 4.69) is 9.97 Å². The van der Waals surface area contributed by atoms with Gasteiger partial charge in [0, 0.05) is 5.92 Å². The summed E-state index contributed by atoms with van der Waals surface area (Å²) in [7, 11) is 0. The molecule has 1 heterocycles. The number of nitrogen functional groups attached to an aromatic ring is 1. The van der Waals surface area contributed by atoms with Gasteiger partial charge in [-0.1, -0.05) is 6.07 Å². The molecule has 5 nitrogen and oxygen atoms in total. The summed E-state index contributed by atoms with van der Waals surface area (Å²) in [5, 5.41) is 0. The predicted octanol–water partition coefficient (Wildman–Crippen LogP) is 2.16. The number of H-pyrrole nitrogens is 1. The van der Waals surface area contributed by atoms with E-state index in [0.717, 1.165) is 12.8 Å². The average Bonchev–Trinajstić information content (AvgIpc) is 3.17. The molecule has 19 heavy (non-hydrogen) atoms. The topological polar surface area (TPSA) is 81.0 Å². The van der Waals surface area contributed by atoms with Gasteiger partial charge in [-0.25, -0.2) is 4.39 Å². The number of hydrogen-bond acceptors (Lipinski definition) is 4. The van der Waals surface area contributed by atoms with E-state index in [1.54, 1.807) is 0 Å². The van der Waals surface area contributed by atoms with Crippen molar-refractivity contribution in [3.8, 4) is 11.6 Å². The van der Waals surface area contributed by atoms with E-state index >= 15 is 0 Å². The van der Waals surface area contributed by atoms with Gasteiger partial charge >= 0.3 is 0 Å². The molecular weight excluding hydrogens is 249 g/mol. The third-order valence-electron chi connectivity index (χ3n) is 2.90. The summed E-state index contributed by atoms with van der Waals surface area (Å²) in [5.74, 6) is 0.214. The summed E-state index contributed by atoms with van der Waals surface area (Å²) in [6.07, 6.45) is 1.99. The van der Waals surface area contributed by atoms with Gasteiger partial charge in [0.05, 0.1) is 11.8 Å². The number of aromatic amines is 1. The Morgan fingerprint density at radius 3 is 2.89 bits per heavy atom. The monoisotopic (exact) mass is 261 g/mol. The molecule has 0 saturated heterocycles. The van der Waals surface area contributed by atoms with Gasteiger partial charge in [0.25, 0.3) is 5.56 Å². The third-order valence-corrected chi connectivity index (χ3v) is 2.90. The van der Waals surface area contributed by atoms with Crippen LogP contribution in [0.5, 0.6) is 11.6 Å². The molecule has 2 aromatic rings. The highest BCUT2D eigenvalue weighted by Crippen LogP contribution is 2.38. The number of aromatic nitrogens is 2. The normalized spacial score (nSPS) is 14.4. The first kappa shape index (κ1) is 11.7. The molecule has 1 aliphatic rings. The molecule has 3 rings (SSSR count). The molecule has 1 aliphatic carbocycles. The molecule has 98 valence electrons. The number of para-hydroxylation sites is 1. The minimum atomic E-state index is -0.588. The van der Waals surface area contributed by atoms with Crippen LogP contribution in [0.4, 0.5) is 10.1 Å². The summed E-state index contributed by atoms with van der Waals surface area (Å²) < 4.78 is 18.9. The Morgan fingerprint density at radius 1 is 1.42 bits per heavy atom. The number of ether oxygens (including phenoxy) is 1. The second kappa shape index (κ2) is 4.38. The van der Waals surface area contributed by atoms with E-state index in [0.29, 0.717) is 5.82 Å². The number of nitrogens with one attached hydrogen (secondary N) is 1. The Kier molecular flexibility index (Phi) is 2.70. The Labute approximate surface area is 108 Å². The lowest BCUT2D eigenvalue weighted by atomic mass is 10.3. The molecule has 1 saturated carbocycles. The van der Waals surface area contributed by atoms with Crippen LogP contribution in [0, 0.1) is 5.82 Å². The predicted molar refractivity (Wildman–Crippen MR) is 67.7 cm³/mol. The van der Waals surface area contributed by atoms with Gasteiger partial charge in [0.15, 0.2) is 11.6 Å². The molecule has 0 unspecified atom stereocenters. The second-order valence-electron chi connectivity index (χ2n) is 4.50. The van der Waals surface area contributed by atoms with Gasteiger partial charge in [-0.15, -0.1) is 0 Å². The number of anilines is 1. The van der Waals surface area contributed by atoms with E-state index in [4.69, 9.17) is 10.5 Å². The van der Waals surface area contributed by atoms with Gasteiger partial charge < -0.3 is 15.5 Å². The minimum absolute atomic E-state index is 0.0578. The van der Waals surface area contributed by atoms with Crippen LogP contribution in [-0.4, -0.2) is 9.97 Å². The van der Waals surface area contributed by atoms with Gasteiger partial charge in [-0.05, 0) is 25.0 Å². The van der Waals surface area contributed by atoms with Crippen LogP contribution in [0.3, 0.4) is 0 Å². The van der Waals surface area contributed by atoms with Crippen LogP contribution >= 0.6 is 0 Å². The Hall–Kier alpha value is -2.37. The standard InChI is InChI=1S/C13H12FN3O2/c14-8-2-1-3-9(15)12(8)19-11-6-10(18)16-13(17-11)7-4-5-7/h1-3,6-7H,4-5,15H2,(H,16,17,18). The number of nitrogens with zero attached hydrogens (tertiary/aromatic N) is 1. The molecule has 0 atom stereocenters. The Morgan fingerprint density at radius 2 is 2.21 bits per heavy atom. The van der Waals surface area contributed by atoms with Crippen molar-refractivity contribution in [2.75, 3.05) is 5.73 Å². The van der Waals surface area contributed by atoms with Crippen molar-refractivity contribution in [3.05, 3.63) is 46.3 Å². The molecule has 1 aromatic carbocycles. The summed E-state index contributed by atoms with van der Waals surface area (Å²) in [6, 6.07) is 5.42. The minimum Gasteiger partial charge on any atom is -0.433 e. The van der Waals surface area contributed by atoms with Gasteiger partial charge in [-0.2, -0.15) is 4.98 Å². The van der Waals surface area contributed by atoms with Crippen molar-refractivity contribution in [2.24, 2.45) is 0 Å². The molecule has 0 amide bonds. The smallest absolute Gasteiger partial charge is 0.254 e. The van der Waals surface area contributed by atoms with Crippen molar-refractivity contribution >= 4 is 5.69 Å². The fourth-order valence-electron chi connectivity index (χ4n) is 1.79. The maximum absolute atomic E-state index is 13.6. The molecule has 0 aliphatic heterocycles. The molecule has 1 fully saturated rings. The zero-order chi connectivity index (χ0) is 13.4. The zero-order valence-corrected chi connectivity index (χ0v) is 10.0. The molecule has 0 spiro atoms. The number of rotatable bonds is 3. The lowest BCUT2D eigenvalue weighted by molar-refractivity contribution is 0.426. The molecule has 1 aromatic heterocycles. The van der Waals surface area contributed by atoms with E-state index in [9.17, 15) is 9.18 Å². The molecule has 0 bridgehead atoms. The number of halogens is 1. The van der Waals surface area contributed by atoms with E-state index in [1.807, 2.05) is 0 Å². The van der Waals surface area contributed by atoms with Crippen molar-refractivity contribution in [1.82, 2.24) is 9.97 Å². The van der Waals surface area contributed by atoms with Crippen LogP contribution in [0.25, 0.3) is 0 Å². The highest BCUT2D eigenvalue weighted by Gasteiger charge is 2.26. The summed E-state index contributed by atoms with van der Waals surface area (Å²) in [4.78, 5) is 18.3. The van der Waals surface area contributed by atoms with Crippen LogP contribution in [0.1, 0.15) is 24.6 Å². The first-order valence-electron chi connectivity index (χ1n) is 5.96. The molecule has 6 heteroatoms. The average molecular weight is 261 g/mol. The summed E-state index contributed by atoms with van der Waals surface area (Å²) in [6.45, 7) is 0. The SMILES string of the molecule is Nc1cccc(F)c1Oc1cc(=O)[nH]c(C2CC2)n1. The highest BCUT2D eigenvalue weighted by molar-refractivity contribution is 5.53.